The summed E-state index contributed by atoms with van der Waals surface area (Å²) in [7, 11) is 0. The van der Waals surface area contributed by atoms with Crippen molar-refractivity contribution in [2.45, 2.75) is 65.1 Å². The molecule has 1 saturated heterocycles. The fraction of sp³-hybridized carbons (Fsp3) is 0.786. The lowest BCUT2D eigenvalue weighted by molar-refractivity contribution is -0.112. The summed E-state index contributed by atoms with van der Waals surface area (Å²) in [6, 6.07) is 0. The molecular formula is C14H22O2. The zero-order valence-corrected chi connectivity index (χ0v) is 11.0. The second-order valence-corrected chi connectivity index (χ2v) is 6.19. The summed E-state index contributed by atoms with van der Waals surface area (Å²) in [4.78, 5) is 11.2. The Morgan fingerprint density at radius 1 is 1.19 bits per heavy atom. The Morgan fingerprint density at radius 3 is 2.31 bits per heavy atom. The van der Waals surface area contributed by atoms with E-state index in [0.29, 0.717) is 0 Å². The number of ether oxygens (including phenoxy) is 1. The molecule has 0 aromatic carbocycles. The van der Waals surface area contributed by atoms with Crippen molar-refractivity contribution in [2.75, 3.05) is 0 Å². The van der Waals surface area contributed by atoms with Gasteiger partial charge in [0.15, 0.2) is 5.78 Å². The van der Waals surface area contributed by atoms with E-state index in [1.165, 1.54) is 12.8 Å². The van der Waals surface area contributed by atoms with Crippen LogP contribution in [0.4, 0.5) is 0 Å². The van der Waals surface area contributed by atoms with Gasteiger partial charge in [-0.25, -0.2) is 0 Å². The summed E-state index contributed by atoms with van der Waals surface area (Å²) in [5.41, 5.74) is 1.01. The Hall–Kier alpha value is -0.630. The van der Waals surface area contributed by atoms with E-state index in [1.807, 2.05) is 6.92 Å². The van der Waals surface area contributed by atoms with Crippen molar-refractivity contribution in [3.05, 3.63) is 11.6 Å². The highest BCUT2D eigenvalue weighted by Crippen LogP contribution is 2.68. The third-order valence-electron chi connectivity index (χ3n) is 4.47. The van der Waals surface area contributed by atoms with Gasteiger partial charge in [-0.1, -0.05) is 13.8 Å². The van der Waals surface area contributed by atoms with Crippen molar-refractivity contribution >= 4 is 5.78 Å². The smallest absolute Gasteiger partial charge is 0.152 e. The molecule has 90 valence electrons. The molecule has 0 radical (unpaired) electrons. The Morgan fingerprint density at radius 2 is 1.81 bits per heavy atom. The number of rotatable bonds is 2. The van der Waals surface area contributed by atoms with Gasteiger partial charge in [-0.05, 0) is 51.7 Å². The van der Waals surface area contributed by atoms with Crippen LogP contribution in [0.3, 0.4) is 0 Å². The normalized spacial score (nSPS) is 41.4. The minimum Gasteiger partial charge on any atom is -0.357 e. The van der Waals surface area contributed by atoms with Crippen LogP contribution in [0.1, 0.15) is 53.9 Å². The monoisotopic (exact) mass is 222 g/mol. The maximum atomic E-state index is 11.2. The molecule has 2 atom stereocenters. The molecule has 0 spiro atoms. The van der Waals surface area contributed by atoms with E-state index in [9.17, 15) is 4.79 Å². The van der Waals surface area contributed by atoms with E-state index in [2.05, 4.69) is 20.8 Å². The van der Waals surface area contributed by atoms with Crippen molar-refractivity contribution in [1.29, 1.82) is 0 Å². The SMILES string of the molecule is CC(=O)C=C(C)C12OC1(C)CCCC2(C)C. The largest absolute Gasteiger partial charge is 0.357 e. The third kappa shape index (κ3) is 1.32. The van der Waals surface area contributed by atoms with Crippen LogP contribution in [0.15, 0.2) is 11.6 Å². The van der Waals surface area contributed by atoms with Crippen LogP contribution in [0, 0.1) is 5.41 Å². The first-order chi connectivity index (χ1) is 7.25. The highest BCUT2D eigenvalue weighted by molar-refractivity contribution is 5.88. The molecule has 2 rings (SSSR count). The summed E-state index contributed by atoms with van der Waals surface area (Å²) >= 11 is 0. The molecule has 0 aromatic heterocycles. The number of carbonyl (C=O) groups excluding carboxylic acids is 1. The van der Waals surface area contributed by atoms with Gasteiger partial charge in [0.1, 0.15) is 11.2 Å². The van der Waals surface area contributed by atoms with Gasteiger partial charge in [-0.2, -0.15) is 0 Å². The third-order valence-corrected chi connectivity index (χ3v) is 4.47. The van der Waals surface area contributed by atoms with Gasteiger partial charge in [-0.3, -0.25) is 4.79 Å². The predicted octanol–water partition coefficient (Wildman–Crippen LogP) is 3.26. The van der Waals surface area contributed by atoms with Crippen molar-refractivity contribution in [3.8, 4) is 0 Å². The van der Waals surface area contributed by atoms with Crippen LogP contribution in [0.2, 0.25) is 0 Å². The number of hydrogen-bond acceptors (Lipinski definition) is 2. The van der Waals surface area contributed by atoms with Gasteiger partial charge in [0.2, 0.25) is 0 Å². The number of fused-ring (bicyclic) bond motifs is 1. The van der Waals surface area contributed by atoms with Crippen molar-refractivity contribution in [3.63, 3.8) is 0 Å². The van der Waals surface area contributed by atoms with Gasteiger partial charge in [0.25, 0.3) is 0 Å². The number of epoxide rings is 1. The molecule has 2 aliphatic rings. The second-order valence-electron chi connectivity index (χ2n) is 6.19. The lowest BCUT2D eigenvalue weighted by atomic mass is 9.61. The Bertz CT molecular complexity index is 367. The fourth-order valence-corrected chi connectivity index (χ4v) is 3.87. The average molecular weight is 222 g/mol. The van der Waals surface area contributed by atoms with Crippen LogP contribution in [0.5, 0.6) is 0 Å². The van der Waals surface area contributed by atoms with Gasteiger partial charge >= 0.3 is 0 Å². The van der Waals surface area contributed by atoms with Gasteiger partial charge in [0, 0.05) is 5.41 Å². The Labute approximate surface area is 98.1 Å². The predicted molar refractivity (Wildman–Crippen MR) is 64.3 cm³/mol. The lowest BCUT2D eigenvalue weighted by Crippen LogP contribution is -2.43. The quantitative estimate of drug-likeness (QED) is 0.530. The van der Waals surface area contributed by atoms with Gasteiger partial charge in [0.05, 0.1) is 0 Å². The summed E-state index contributed by atoms with van der Waals surface area (Å²) in [5, 5.41) is 0. The van der Waals surface area contributed by atoms with Crippen LogP contribution in [0.25, 0.3) is 0 Å². The summed E-state index contributed by atoms with van der Waals surface area (Å²) < 4.78 is 6.11. The average Bonchev–Trinajstić information content (AvgIpc) is 2.73. The zero-order valence-electron chi connectivity index (χ0n) is 11.0. The molecule has 1 heterocycles. The maximum Gasteiger partial charge on any atom is 0.152 e. The molecule has 1 aliphatic carbocycles. The summed E-state index contributed by atoms with van der Waals surface area (Å²) in [6.45, 7) is 10.4. The molecule has 1 saturated carbocycles. The Kier molecular flexibility index (Phi) is 2.36. The Balaban J connectivity index is 2.41. The first-order valence-corrected chi connectivity index (χ1v) is 6.15. The van der Waals surface area contributed by atoms with Crippen LogP contribution in [-0.2, 0) is 9.53 Å². The number of hydrogen-bond donors (Lipinski definition) is 0. The highest BCUT2D eigenvalue weighted by Gasteiger charge is 2.75. The molecule has 16 heavy (non-hydrogen) atoms. The van der Waals surface area contributed by atoms with Crippen LogP contribution in [-0.4, -0.2) is 17.0 Å². The molecule has 0 bridgehead atoms. The molecule has 2 nitrogen and oxygen atoms in total. The van der Waals surface area contributed by atoms with E-state index in [4.69, 9.17) is 4.74 Å². The maximum absolute atomic E-state index is 11.2. The first kappa shape index (κ1) is 11.8. The molecule has 0 amide bonds. The summed E-state index contributed by atoms with van der Waals surface area (Å²) in [6.07, 6.45) is 5.25. The highest BCUT2D eigenvalue weighted by atomic mass is 16.6. The van der Waals surface area contributed by atoms with Gasteiger partial charge < -0.3 is 4.74 Å². The topological polar surface area (TPSA) is 29.6 Å². The van der Waals surface area contributed by atoms with E-state index in [1.54, 1.807) is 13.0 Å². The van der Waals surface area contributed by atoms with Crippen LogP contribution >= 0.6 is 0 Å². The van der Waals surface area contributed by atoms with E-state index < -0.39 is 0 Å². The van der Waals surface area contributed by atoms with E-state index in [-0.39, 0.29) is 22.4 Å². The standard InChI is InChI=1S/C14H22O2/c1-10(9-11(2)15)14-12(3,4)7-6-8-13(14,5)16-14/h9H,6-8H2,1-5H3. The molecular weight excluding hydrogens is 200 g/mol. The second kappa shape index (κ2) is 3.19. The molecule has 2 fully saturated rings. The molecule has 1 aliphatic heterocycles. The van der Waals surface area contributed by atoms with Crippen molar-refractivity contribution in [2.24, 2.45) is 5.41 Å². The zero-order chi connectivity index (χ0) is 12.2. The van der Waals surface area contributed by atoms with Crippen LogP contribution < -0.4 is 0 Å². The number of ketones is 1. The molecule has 2 heteroatoms. The molecule has 0 N–H and O–H groups in total. The first-order valence-electron chi connectivity index (χ1n) is 6.15. The van der Waals surface area contributed by atoms with E-state index >= 15 is 0 Å². The number of carbonyl (C=O) groups is 1. The van der Waals surface area contributed by atoms with Gasteiger partial charge in [-0.15, -0.1) is 0 Å². The minimum atomic E-state index is -0.191. The number of allylic oxidation sites excluding steroid dienone is 1. The van der Waals surface area contributed by atoms with E-state index in [0.717, 1.165) is 12.0 Å². The lowest BCUT2D eigenvalue weighted by Gasteiger charge is -2.39. The minimum absolute atomic E-state index is 0.0369. The molecule has 0 aromatic rings. The summed E-state index contributed by atoms with van der Waals surface area (Å²) in [5.74, 6) is 0.117. The molecule has 2 unspecified atom stereocenters. The fourth-order valence-electron chi connectivity index (χ4n) is 3.87. The van der Waals surface area contributed by atoms with Crippen molar-refractivity contribution in [1.82, 2.24) is 0 Å². The van der Waals surface area contributed by atoms with Crippen molar-refractivity contribution < 1.29 is 9.53 Å².